The average molecular weight is 260 g/mol. The molecule has 0 spiro atoms. The van der Waals surface area contributed by atoms with Gasteiger partial charge in [0.15, 0.2) is 0 Å². The fourth-order valence-corrected chi connectivity index (χ4v) is 1.68. The van der Waals surface area contributed by atoms with E-state index >= 15 is 0 Å². The van der Waals surface area contributed by atoms with Crippen LogP contribution in [0.5, 0.6) is 5.75 Å². The van der Waals surface area contributed by atoms with Crippen molar-refractivity contribution in [1.82, 2.24) is 0 Å². The van der Waals surface area contributed by atoms with Crippen molar-refractivity contribution in [3.63, 3.8) is 0 Å². The molecular weight excluding hydrogens is 243 g/mol. The lowest BCUT2D eigenvalue weighted by atomic mass is 10.2. The van der Waals surface area contributed by atoms with E-state index in [0.29, 0.717) is 11.4 Å². The van der Waals surface area contributed by atoms with Crippen molar-refractivity contribution in [2.45, 2.75) is 20.0 Å². The van der Waals surface area contributed by atoms with Crippen LogP contribution >= 0.6 is 0 Å². The van der Waals surface area contributed by atoms with Gasteiger partial charge in [-0.25, -0.2) is 4.39 Å². The molecule has 0 radical (unpaired) electrons. The molecule has 0 amide bonds. The second-order valence-corrected chi connectivity index (χ2v) is 4.55. The first kappa shape index (κ1) is 13.2. The van der Waals surface area contributed by atoms with Crippen molar-refractivity contribution in [1.29, 1.82) is 0 Å². The Morgan fingerprint density at radius 1 is 1.11 bits per heavy atom. The lowest BCUT2D eigenvalue weighted by Crippen LogP contribution is -2.05. The normalized spacial score (nSPS) is 10.5. The van der Waals surface area contributed by atoms with E-state index in [1.807, 2.05) is 38.1 Å². The predicted molar refractivity (Wildman–Crippen MR) is 76.3 cm³/mol. The standard InChI is InChI=1S/C15H17FN2O/c1-10(2)19-13-6-4-12(5-7-13)18-15-9-11(16)3-8-14(15)17/h3-10,18H,17H2,1-2H3. The number of hydrogen-bond acceptors (Lipinski definition) is 3. The van der Waals surface area contributed by atoms with Crippen LogP contribution < -0.4 is 15.8 Å². The number of nitrogens with two attached hydrogens (primary N) is 1. The van der Waals surface area contributed by atoms with Gasteiger partial charge in [0.1, 0.15) is 11.6 Å². The van der Waals surface area contributed by atoms with Gasteiger partial charge < -0.3 is 15.8 Å². The van der Waals surface area contributed by atoms with Crippen molar-refractivity contribution in [2.24, 2.45) is 0 Å². The Balaban J connectivity index is 2.13. The molecule has 0 aliphatic heterocycles. The highest BCUT2D eigenvalue weighted by atomic mass is 19.1. The zero-order valence-corrected chi connectivity index (χ0v) is 11.0. The summed E-state index contributed by atoms with van der Waals surface area (Å²) in [4.78, 5) is 0. The van der Waals surface area contributed by atoms with Gasteiger partial charge in [0.25, 0.3) is 0 Å². The van der Waals surface area contributed by atoms with Crippen molar-refractivity contribution in [3.8, 4) is 5.75 Å². The molecule has 100 valence electrons. The number of nitrogens with one attached hydrogen (secondary N) is 1. The summed E-state index contributed by atoms with van der Waals surface area (Å²) in [5.74, 6) is 0.476. The Hall–Kier alpha value is -2.23. The predicted octanol–water partition coefficient (Wildman–Crippen LogP) is 3.94. The lowest BCUT2D eigenvalue weighted by molar-refractivity contribution is 0.242. The van der Waals surface area contributed by atoms with Gasteiger partial charge in [-0.05, 0) is 56.3 Å². The molecule has 0 saturated carbocycles. The van der Waals surface area contributed by atoms with Crippen molar-refractivity contribution in [2.75, 3.05) is 11.1 Å². The minimum Gasteiger partial charge on any atom is -0.491 e. The van der Waals surface area contributed by atoms with Gasteiger partial charge in [-0.3, -0.25) is 0 Å². The zero-order chi connectivity index (χ0) is 13.8. The molecule has 3 N–H and O–H groups in total. The van der Waals surface area contributed by atoms with Gasteiger partial charge in [0.2, 0.25) is 0 Å². The van der Waals surface area contributed by atoms with Crippen LogP contribution in [0.3, 0.4) is 0 Å². The minimum atomic E-state index is -0.323. The molecule has 0 bridgehead atoms. The van der Waals surface area contributed by atoms with Crippen LogP contribution in [0.4, 0.5) is 21.5 Å². The first-order chi connectivity index (χ1) is 9.04. The van der Waals surface area contributed by atoms with Gasteiger partial charge in [-0.2, -0.15) is 0 Å². The summed E-state index contributed by atoms with van der Waals surface area (Å²) >= 11 is 0. The molecule has 2 rings (SSSR count). The van der Waals surface area contributed by atoms with Crippen LogP contribution in [0.15, 0.2) is 42.5 Å². The molecular formula is C15H17FN2O. The lowest BCUT2D eigenvalue weighted by Gasteiger charge is -2.12. The number of anilines is 3. The molecule has 0 unspecified atom stereocenters. The molecule has 0 atom stereocenters. The quantitative estimate of drug-likeness (QED) is 0.818. The molecule has 0 aromatic heterocycles. The molecule has 0 aliphatic carbocycles. The first-order valence-corrected chi connectivity index (χ1v) is 6.13. The Labute approximate surface area is 112 Å². The van der Waals surface area contributed by atoms with Crippen LogP contribution in [-0.4, -0.2) is 6.10 Å². The summed E-state index contributed by atoms with van der Waals surface area (Å²) in [6.45, 7) is 3.94. The minimum absolute atomic E-state index is 0.137. The van der Waals surface area contributed by atoms with E-state index < -0.39 is 0 Å². The molecule has 3 nitrogen and oxygen atoms in total. The number of benzene rings is 2. The Bertz CT molecular complexity index is 553. The number of halogens is 1. The largest absolute Gasteiger partial charge is 0.491 e. The average Bonchev–Trinajstić information content (AvgIpc) is 2.35. The van der Waals surface area contributed by atoms with Crippen LogP contribution in [0.2, 0.25) is 0 Å². The number of hydrogen-bond donors (Lipinski definition) is 2. The topological polar surface area (TPSA) is 47.3 Å². The summed E-state index contributed by atoms with van der Waals surface area (Å²) in [5, 5.41) is 3.07. The van der Waals surface area contributed by atoms with Gasteiger partial charge in [0, 0.05) is 5.69 Å². The van der Waals surface area contributed by atoms with E-state index in [1.54, 1.807) is 0 Å². The van der Waals surface area contributed by atoms with E-state index in [1.165, 1.54) is 18.2 Å². The van der Waals surface area contributed by atoms with E-state index in [0.717, 1.165) is 11.4 Å². The summed E-state index contributed by atoms with van der Waals surface area (Å²) in [6, 6.07) is 11.7. The van der Waals surface area contributed by atoms with Crippen LogP contribution in [0, 0.1) is 5.82 Å². The SMILES string of the molecule is CC(C)Oc1ccc(Nc2cc(F)ccc2N)cc1. The van der Waals surface area contributed by atoms with Crippen LogP contribution in [-0.2, 0) is 0 Å². The van der Waals surface area contributed by atoms with E-state index in [9.17, 15) is 4.39 Å². The van der Waals surface area contributed by atoms with Gasteiger partial charge >= 0.3 is 0 Å². The Morgan fingerprint density at radius 3 is 2.42 bits per heavy atom. The third-order valence-electron chi connectivity index (χ3n) is 2.52. The monoisotopic (exact) mass is 260 g/mol. The molecule has 0 heterocycles. The van der Waals surface area contributed by atoms with Crippen LogP contribution in [0.25, 0.3) is 0 Å². The third-order valence-corrected chi connectivity index (χ3v) is 2.52. The maximum Gasteiger partial charge on any atom is 0.125 e. The Kier molecular flexibility index (Phi) is 3.90. The molecule has 19 heavy (non-hydrogen) atoms. The molecule has 0 aliphatic rings. The molecule has 2 aromatic carbocycles. The first-order valence-electron chi connectivity index (χ1n) is 6.13. The number of nitrogen functional groups attached to an aromatic ring is 1. The van der Waals surface area contributed by atoms with Crippen LogP contribution in [0.1, 0.15) is 13.8 Å². The summed E-state index contributed by atoms with van der Waals surface area (Å²) in [5.41, 5.74) is 7.66. The van der Waals surface area contributed by atoms with Crippen molar-refractivity contribution >= 4 is 17.1 Å². The maximum absolute atomic E-state index is 13.1. The van der Waals surface area contributed by atoms with E-state index in [-0.39, 0.29) is 11.9 Å². The molecule has 4 heteroatoms. The third kappa shape index (κ3) is 3.61. The van der Waals surface area contributed by atoms with Gasteiger partial charge in [-0.1, -0.05) is 0 Å². The smallest absolute Gasteiger partial charge is 0.125 e. The van der Waals surface area contributed by atoms with Crippen molar-refractivity contribution < 1.29 is 9.13 Å². The second-order valence-electron chi connectivity index (χ2n) is 4.55. The Morgan fingerprint density at radius 2 is 1.79 bits per heavy atom. The summed E-state index contributed by atoms with van der Waals surface area (Å²) in [6.07, 6.45) is 0.137. The number of ether oxygens (including phenoxy) is 1. The highest BCUT2D eigenvalue weighted by Crippen LogP contribution is 2.25. The van der Waals surface area contributed by atoms with E-state index in [4.69, 9.17) is 10.5 Å². The maximum atomic E-state index is 13.1. The van der Waals surface area contributed by atoms with E-state index in [2.05, 4.69) is 5.32 Å². The fraction of sp³-hybridized carbons (Fsp3) is 0.200. The highest BCUT2D eigenvalue weighted by Gasteiger charge is 2.02. The summed E-state index contributed by atoms with van der Waals surface area (Å²) in [7, 11) is 0. The van der Waals surface area contributed by atoms with Gasteiger partial charge in [-0.15, -0.1) is 0 Å². The highest BCUT2D eigenvalue weighted by molar-refractivity contribution is 5.72. The molecule has 0 saturated heterocycles. The summed E-state index contributed by atoms with van der Waals surface area (Å²) < 4.78 is 18.7. The fourth-order valence-electron chi connectivity index (χ4n) is 1.68. The van der Waals surface area contributed by atoms with Gasteiger partial charge in [0.05, 0.1) is 17.5 Å². The van der Waals surface area contributed by atoms with Crippen molar-refractivity contribution in [3.05, 3.63) is 48.3 Å². The molecule has 2 aromatic rings. The number of rotatable bonds is 4. The second kappa shape index (κ2) is 5.61. The zero-order valence-electron chi connectivity index (χ0n) is 11.0. The molecule has 0 fully saturated rings.